The summed E-state index contributed by atoms with van der Waals surface area (Å²) in [5, 5.41) is 12.1. The van der Waals surface area contributed by atoms with Crippen molar-refractivity contribution in [2.24, 2.45) is 0 Å². The van der Waals surface area contributed by atoms with Crippen molar-refractivity contribution in [1.82, 2.24) is 10.2 Å². The third kappa shape index (κ3) is 3.52. The largest absolute Gasteiger partial charge is 0.480 e. The molecule has 0 spiro atoms. The number of aliphatic carboxylic acids is 1. The fourth-order valence-corrected chi connectivity index (χ4v) is 2.51. The molecule has 2 amide bonds. The Labute approximate surface area is 124 Å². The number of carboxylic acid groups (broad SMARTS) is 1. The van der Waals surface area contributed by atoms with Gasteiger partial charge in [-0.3, -0.25) is 4.90 Å². The number of carbonyl (C=O) groups excluding carboxylic acids is 1. The summed E-state index contributed by atoms with van der Waals surface area (Å²) in [6.45, 7) is 1.40. The zero-order valence-electron chi connectivity index (χ0n) is 12.4. The van der Waals surface area contributed by atoms with Crippen molar-refractivity contribution in [2.75, 3.05) is 32.1 Å². The summed E-state index contributed by atoms with van der Waals surface area (Å²) in [5.74, 6) is -0.977. The van der Waals surface area contributed by atoms with Crippen molar-refractivity contribution in [2.45, 2.75) is 18.9 Å². The third-order valence-corrected chi connectivity index (χ3v) is 3.54. The van der Waals surface area contributed by atoms with E-state index in [1.807, 2.05) is 37.2 Å². The van der Waals surface area contributed by atoms with Gasteiger partial charge in [0.25, 0.3) is 0 Å². The van der Waals surface area contributed by atoms with E-state index in [-0.39, 0.29) is 6.03 Å². The fourth-order valence-electron chi connectivity index (χ4n) is 2.51. The number of hydrogen-bond donors (Lipinski definition) is 2. The molecule has 0 saturated carbocycles. The van der Waals surface area contributed by atoms with E-state index in [0.717, 1.165) is 18.5 Å². The minimum absolute atomic E-state index is 0.342. The van der Waals surface area contributed by atoms with Gasteiger partial charge in [-0.15, -0.1) is 0 Å². The van der Waals surface area contributed by atoms with E-state index in [9.17, 15) is 14.7 Å². The molecule has 1 aromatic carbocycles. The Bertz CT molecular complexity index is 531. The van der Waals surface area contributed by atoms with Gasteiger partial charge in [-0.25, -0.2) is 9.59 Å². The van der Waals surface area contributed by atoms with Gasteiger partial charge in [-0.05, 0) is 38.7 Å². The maximum Gasteiger partial charge on any atom is 0.327 e. The average Bonchev–Trinajstić information content (AvgIpc) is 2.83. The molecule has 21 heavy (non-hydrogen) atoms. The van der Waals surface area contributed by atoms with Crippen LogP contribution in [0, 0.1) is 0 Å². The molecule has 0 fully saturated rings. The van der Waals surface area contributed by atoms with Crippen LogP contribution in [-0.4, -0.2) is 55.2 Å². The van der Waals surface area contributed by atoms with Crippen LogP contribution in [0.4, 0.5) is 10.5 Å². The summed E-state index contributed by atoms with van der Waals surface area (Å²) in [6, 6.07) is 6.16. The Balaban J connectivity index is 2.04. The molecule has 114 valence electrons. The predicted molar refractivity (Wildman–Crippen MR) is 80.6 cm³/mol. The number of nitrogens with zero attached hydrogens (tertiary/aromatic N) is 2. The fraction of sp³-hybridized carbons (Fsp3) is 0.467. The molecule has 0 bridgehead atoms. The molecule has 1 aliphatic rings. The second kappa shape index (κ2) is 6.58. The first kappa shape index (κ1) is 15.3. The third-order valence-electron chi connectivity index (χ3n) is 3.54. The predicted octanol–water partition coefficient (Wildman–Crippen LogP) is 1.16. The van der Waals surface area contributed by atoms with Crippen LogP contribution in [0.15, 0.2) is 24.3 Å². The SMILES string of the molecule is CN(C)CCCNC(=O)N1c2ccccc2CC1C(=O)O. The summed E-state index contributed by atoms with van der Waals surface area (Å²) in [5.41, 5.74) is 1.59. The molecular formula is C15H21N3O3. The van der Waals surface area contributed by atoms with E-state index in [1.165, 1.54) is 4.90 Å². The van der Waals surface area contributed by atoms with E-state index in [4.69, 9.17) is 0 Å². The summed E-state index contributed by atoms with van der Waals surface area (Å²) >= 11 is 0. The Morgan fingerprint density at radius 1 is 1.38 bits per heavy atom. The number of nitrogens with one attached hydrogen (secondary N) is 1. The van der Waals surface area contributed by atoms with E-state index >= 15 is 0 Å². The van der Waals surface area contributed by atoms with Gasteiger partial charge in [0, 0.05) is 18.7 Å². The van der Waals surface area contributed by atoms with Gasteiger partial charge in [-0.2, -0.15) is 0 Å². The van der Waals surface area contributed by atoms with Crippen molar-refractivity contribution < 1.29 is 14.7 Å². The molecule has 1 aromatic rings. The maximum absolute atomic E-state index is 12.3. The molecule has 2 rings (SSSR count). The van der Waals surface area contributed by atoms with Crippen molar-refractivity contribution in [1.29, 1.82) is 0 Å². The zero-order valence-corrected chi connectivity index (χ0v) is 12.4. The van der Waals surface area contributed by atoms with Gasteiger partial charge >= 0.3 is 12.0 Å². The average molecular weight is 291 g/mol. The van der Waals surface area contributed by atoms with Gasteiger partial charge in [-0.1, -0.05) is 18.2 Å². The van der Waals surface area contributed by atoms with Crippen LogP contribution in [0.1, 0.15) is 12.0 Å². The minimum Gasteiger partial charge on any atom is -0.480 e. The highest BCUT2D eigenvalue weighted by Gasteiger charge is 2.38. The van der Waals surface area contributed by atoms with Gasteiger partial charge < -0.3 is 15.3 Å². The van der Waals surface area contributed by atoms with Crippen LogP contribution in [0.3, 0.4) is 0 Å². The van der Waals surface area contributed by atoms with Crippen molar-refractivity contribution >= 4 is 17.7 Å². The molecule has 0 radical (unpaired) electrons. The standard InChI is InChI=1S/C15H21N3O3/c1-17(2)9-5-8-16-15(21)18-12-7-4-3-6-11(12)10-13(18)14(19)20/h3-4,6-7,13H,5,8-10H2,1-2H3,(H,16,21)(H,19,20). The lowest BCUT2D eigenvalue weighted by Gasteiger charge is -2.23. The highest BCUT2D eigenvalue weighted by Crippen LogP contribution is 2.32. The summed E-state index contributed by atoms with van der Waals surface area (Å²) < 4.78 is 0. The van der Waals surface area contributed by atoms with E-state index in [1.54, 1.807) is 6.07 Å². The van der Waals surface area contributed by atoms with Crippen molar-refractivity contribution in [3.05, 3.63) is 29.8 Å². The van der Waals surface area contributed by atoms with Crippen LogP contribution >= 0.6 is 0 Å². The lowest BCUT2D eigenvalue weighted by molar-refractivity contribution is -0.138. The molecule has 0 aromatic heterocycles. The topological polar surface area (TPSA) is 72.9 Å². The maximum atomic E-state index is 12.3. The summed E-state index contributed by atoms with van der Waals surface area (Å²) in [7, 11) is 3.94. The molecule has 1 atom stereocenters. The molecule has 0 saturated heterocycles. The molecule has 2 N–H and O–H groups in total. The first-order valence-corrected chi connectivity index (χ1v) is 7.03. The first-order valence-electron chi connectivity index (χ1n) is 7.03. The number of carbonyl (C=O) groups is 2. The summed E-state index contributed by atoms with van der Waals surface area (Å²) in [6.07, 6.45) is 1.18. The Hall–Kier alpha value is -2.08. The van der Waals surface area contributed by atoms with Crippen molar-refractivity contribution in [3.8, 4) is 0 Å². The normalized spacial score (nSPS) is 16.9. The van der Waals surface area contributed by atoms with E-state index in [0.29, 0.717) is 18.7 Å². The number of hydrogen-bond acceptors (Lipinski definition) is 3. The molecule has 1 aliphatic heterocycles. The van der Waals surface area contributed by atoms with E-state index < -0.39 is 12.0 Å². The Morgan fingerprint density at radius 2 is 2.10 bits per heavy atom. The van der Waals surface area contributed by atoms with E-state index in [2.05, 4.69) is 5.32 Å². The molecule has 0 aliphatic carbocycles. The van der Waals surface area contributed by atoms with Crippen LogP contribution in [-0.2, 0) is 11.2 Å². The van der Waals surface area contributed by atoms with Crippen LogP contribution < -0.4 is 10.2 Å². The second-order valence-corrected chi connectivity index (χ2v) is 5.45. The monoisotopic (exact) mass is 291 g/mol. The number of fused-ring (bicyclic) bond motifs is 1. The molecule has 1 unspecified atom stereocenters. The lowest BCUT2D eigenvalue weighted by atomic mass is 10.1. The van der Waals surface area contributed by atoms with Gasteiger partial charge in [0.2, 0.25) is 0 Å². The van der Waals surface area contributed by atoms with Gasteiger partial charge in [0.15, 0.2) is 0 Å². The number of urea groups is 1. The minimum atomic E-state index is -0.977. The smallest absolute Gasteiger partial charge is 0.327 e. The number of benzene rings is 1. The van der Waals surface area contributed by atoms with Crippen LogP contribution in [0.2, 0.25) is 0 Å². The number of carboxylic acids is 1. The highest BCUT2D eigenvalue weighted by atomic mass is 16.4. The van der Waals surface area contributed by atoms with Crippen molar-refractivity contribution in [3.63, 3.8) is 0 Å². The van der Waals surface area contributed by atoms with Gasteiger partial charge in [0.05, 0.1) is 0 Å². The number of para-hydroxylation sites is 1. The number of amides is 2. The summed E-state index contributed by atoms with van der Waals surface area (Å²) in [4.78, 5) is 27.1. The molecule has 6 heteroatoms. The number of rotatable bonds is 5. The molecule has 6 nitrogen and oxygen atoms in total. The Kier molecular flexibility index (Phi) is 4.80. The second-order valence-electron chi connectivity index (χ2n) is 5.45. The molecular weight excluding hydrogens is 270 g/mol. The number of anilines is 1. The zero-order chi connectivity index (χ0) is 15.4. The quantitative estimate of drug-likeness (QED) is 0.799. The van der Waals surface area contributed by atoms with Crippen LogP contribution in [0.25, 0.3) is 0 Å². The Morgan fingerprint density at radius 3 is 2.76 bits per heavy atom. The van der Waals surface area contributed by atoms with Gasteiger partial charge in [0.1, 0.15) is 6.04 Å². The van der Waals surface area contributed by atoms with Crippen LogP contribution in [0.5, 0.6) is 0 Å². The first-order chi connectivity index (χ1) is 10.0. The highest BCUT2D eigenvalue weighted by molar-refractivity contribution is 6.01. The lowest BCUT2D eigenvalue weighted by Crippen LogP contribution is -2.48. The molecule has 1 heterocycles.